The van der Waals surface area contributed by atoms with Crippen LogP contribution >= 0.6 is 11.6 Å². The van der Waals surface area contributed by atoms with Crippen LogP contribution in [0.5, 0.6) is 5.75 Å². The van der Waals surface area contributed by atoms with Crippen molar-refractivity contribution in [1.29, 1.82) is 0 Å². The van der Waals surface area contributed by atoms with E-state index >= 15 is 0 Å². The number of piperidine rings is 1. The number of carbonyl (C=O) groups excluding carboxylic acids is 1. The Hall–Kier alpha value is -2.86. The third-order valence-corrected chi connectivity index (χ3v) is 5.68. The zero-order valence-corrected chi connectivity index (χ0v) is 15.6. The summed E-state index contributed by atoms with van der Waals surface area (Å²) in [5.41, 5.74) is 1.42. The Morgan fingerprint density at radius 3 is 2.64 bits per heavy atom. The quantitative estimate of drug-likeness (QED) is 0.704. The zero-order chi connectivity index (χ0) is 19.3. The molecule has 5 rings (SSSR count). The van der Waals surface area contributed by atoms with Gasteiger partial charge in [-0.3, -0.25) is 4.98 Å². The molecule has 0 spiro atoms. The number of aromatic nitrogens is 1. The van der Waals surface area contributed by atoms with Gasteiger partial charge in [0.25, 0.3) is 0 Å². The lowest BCUT2D eigenvalue weighted by Gasteiger charge is -2.21. The van der Waals surface area contributed by atoms with E-state index in [4.69, 9.17) is 16.3 Å². The minimum atomic E-state index is -0.314. The normalized spacial score (nSPS) is 22.8. The first-order valence-electron chi connectivity index (χ1n) is 9.11. The van der Waals surface area contributed by atoms with E-state index in [1.54, 1.807) is 47.5 Å². The van der Waals surface area contributed by atoms with Gasteiger partial charge in [0, 0.05) is 47.2 Å². The standard InChI is InChI=1S/C21H17ClFN3O2/c22-12-1-4-14(5-2-12)25-21(27)26-10-16-17(11-26)20(16)28-19-7-8-24-18-6-3-13(23)9-15(18)19/h1-9,16-17,20H,10-11H2,(H,25,27). The summed E-state index contributed by atoms with van der Waals surface area (Å²) >= 11 is 5.87. The number of hydrogen-bond acceptors (Lipinski definition) is 3. The van der Waals surface area contributed by atoms with Gasteiger partial charge in [-0.05, 0) is 48.5 Å². The van der Waals surface area contributed by atoms with E-state index in [2.05, 4.69) is 10.3 Å². The molecule has 1 saturated heterocycles. The number of ether oxygens (including phenoxy) is 1. The van der Waals surface area contributed by atoms with Crippen molar-refractivity contribution in [3.8, 4) is 5.75 Å². The van der Waals surface area contributed by atoms with Crippen LogP contribution in [0, 0.1) is 17.7 Å². The minimum Gasteiger partial charge on any atom is -0.489 e. The largest absolute Gasteiger partial charge is 0.489 e. The van der Waals surface area contributed by atoms with Crippen LogP contribution in [0.2, 0.25) is 5.02 Å². The number of fused-ring (bicyclic) bond motifs is 2. The van der Waals surface area contributed by atoms with Gasteiger partial charge in [0.05, 0.1) is 5.52 Å². The van der Waals surface area contributed by atoms with Crippen LogP contribution in [0.15, 0.2) is 54.7 Å². The number of hydrogen-bond donors (Lipinski definition) is 1. The van der Waals surface area contributed by atoms with Crippen molar-refractivity contribution < 1.29 is 13.9 Å². The summed E-state index contributed by atoms with van der Waals surface area (Å²) in [5, 5.41) is 4.18. The van der Waals surface area contributed by atoms with Gasteiger partial charge in [-0.25, -0.2) is 9.18 Å². The molecule has 1 N–H and O–H groups in total. The number of nitrogens with one attached hydrogen (secondary N) is 1. The number of benzene rings is 2. The van der Waals surface area contributed by atoms with Crippen LogP contribution < -0.4 is 10.1 Å². The zero-order valence-electron chi connectivity index (χ0n) is 14.8. The molecule has 0 radical (unpaired) electrons. The summed E-state index contributed by atoms with van der Waals surface area (Å²) in [5.74, 6) is 0.924. The van der Waals surface area contributed by atoms with E-state index in [0.29, 0.717) is 52.3 Å². The molecule has 2 aliphatic rings. The summed E-state index contributed by atoms with van der Waals surface area (Å²) in [7, 11) is 0. The van der Waals surface area contributed by atoms with Crippen LogP contribution in [0.4, 0.5) is 14.9 Å². The molecule has 2 aromatic carbocycles. The molecule has 28 heavy (non-hydrogen) atoms. The predicted molar refractivity (Wildman–Crippen MR) is 105 cm³/mol. The van der Waals surface area contributed by atoms with E-state index in [0.717, 1.165) is 0 Å². The third kappa shape index (κ3) is 3.14. The lowest BCUT2D eigenvalue weighted by atomic mass is 10.2. The van der Waals surface area contributed by atoms with Crippen LogP contribution in [-0.4, -0.2) is 35.1 Å². The minimum absolute atomic E-state index is 0.0495. The van der Waals surface area contributed by atoms with E-state index < -0.39 is 0 Å². The third-order valence-electron chi connectivity index (χ3n) is 5.42. The summed E-state index contributed by atoms with van der Waals surface area (Å²) in [6.07, 6.45) is 1.72. The number of halogens is 2. The highest BCUT2D eigenvalue weighted by atomic mass is 35.5. The first kappa shape index (κ1) is 17.3. The molecule has 1 saturated carbocycles. The first-order chi connectivity index (χ1) is 13.6. The van der Waals surface area contributed by atoms with Gasteiger partial charge in [-0.15, -0.1) is 0 Å². The second-order valence-corrected chi connectivity index (χ2v) is 7.66. The van der Waals surface area contributed by atoms with Gasteiger partial charge in [0.2, 0.25) is 0 Å². The summed E-state index contributed by atoms with van der Waals surface area (Å²) in [6.45, 7) is 1.29. The number of carbonyl (C=O) groups is 1. The van der Waals surface area contributed by atoms with E-state index in [-0.39, 0.29) is 18.0 Å². The Labute approximate surface area is 166 Å². The number of nitrogens with zero attached hydrogens (tertiary/aromatic N) is 2. The van der Waals surface area contributed by atoms with Crippen molar-refractivity contribution in [3.05, 3.63) is 65.6 Å². The lowest BCUT2D eigenvalue weighted by molar-refractivity contribution is 0.196. The van der Waals surface area contributed by atoms with Crippen molar-refractivity contribution >= 4 is 34.2 Å². The molecular formula is C21H17ClFN3O2. The molecule has 5 nitrogen and oxygen atoms in total. The highest BCUT2D eigenvalue weighted by molar-refractivity contribution is 6.30. The molecule has 7 heteroatoms. The van der Waals surface area contributed by atoms with Crippen LogP contribution in [0.3, 0.4) is 0 Å². The maximum Gasteiger partial charge on any atom is 0.321 e. The summed E-state index contributed by atoms with van der Waals surface area (Å²) < 4.78 is 19.7. The number of rotatable bonds is 3. The number of anilines is 1. The number of urea groups is 1. The fraction of sp³-hybridized carbons (Fsp3) is 0.238. The SMILES string of the molecule is O=C(Nc1ccc(Cl)cc1)N1CC2C(C1)C2Oc1ccnc2ccc(F)cc12. The number of amides is 2. The molecule has 2 fully saturated rings. The molecular weight excluding hydrogens is 381 g/mol. The maximum absolute atomic E-state index is 13.6. The van der Waals surface area contributed by atoms with Gasteiger partial charge < -0.3 is 15.0 Å². The maximum atomic E-state index is 13.6. The highest BCUT2D eigenvalue weighted by Crippen LogP contribution is 2.48. The van der Waals surface area contributed by atoms with Gasteiger partial charge >= 0.3 is 6.03 Å². The smallest absolute Gasteiger partial charge is 0.321 e. The summed E-state index contributed by atoms with van der Waals surface area (Å²) in [4.78, 5) is 18.5. The van der Waals surface area contributed by atoms with Gasteiger partial charge in [0.15, 0.2) is 0 Å². The Balaban J connectivity index is 1.22. The number of likely N-dealkylation sites (tertiary alicyclic amines) is 1. The molecule has 3 aromatic rings. The van der Waals surface area contributed by atoms with Crippen LogP contribution in [0.1, 0.15) is 0 Å². The van der Waals surface area contributed by atoms with Crippen molar-refractivity contribution in [2.75, 3.05) is 18.4 Å². The second-order valence-electron chi connectivity index (χ2n) is 7.22. The molecule has 142 valence electrons. The van der Waals surface area contributed by atoms with Gasteiger partial charge in [0.1, 0.15) is 17.7 Å². The molecule has 2 amide bonds. The lowest BCUT2D eigenvalue weighted by Crippen LogP contribution is -2.36. The predicted octanol–water partition coefficient (Wildman–Crippen LogP) is 4.57. The average molecular weight is 398 g/mol. The first-order valence-corrected chi connectivity index (χ1v) is 9.49. The van der Waals surface area contributed by atoms with E-state index in [1.807, 2.05) is 0 Å². The monoisotopic (exact) mass is 397 g/mol. The van der Waals surface area contributed by atoms with E-state index in [1.165, 1.54) is 12.1 Å². The topological polar surface area (TPSA) is 54.5 Å². The molecule has 2 unspecified atom stereocenters. The fourth-order valence-corrected chi connectivity index (χ4v) is 4.02. The van der Waals surface area contributed by atoms with Crippen molar-refractivity contribution in [3.63, 3.8) is 0 Å². The van der Waals surface area contributed by atoms with Gasteiger partial charge in [-0.2, -0.15) is 0 Å². The van der Waals surface area contributed by atoms with Crippen molar-refractivity contribution in [1.82, 2.24) is 9.88 Å². The summed E-state index contributed by atoms with van der Waals surface area (Å²) in [6, 6.07) is 13.2. The highest BCUT2D eigenvalue weighted by Gasteiger charge is 2.59. The van der Waals surface area contributed by atoms with Crippen LogP contribution in [-0.2, 0) is 0 Å². The number of pyridine rings is 1. The Morgan fingerprint density at radius 2 is 1.89 bits per heavy atom. The molecule has 0 bridgehead atoms. The Morgan fingerprint density at radius 1 is 1.14 bits per heavy atom. The van der Waals surface area contributed by atoms with E-state index in [9.17, 15) is 9.18 Å². The molecule has 2 atom stereocenters. The Bertz CT molecular complexity index is 1050. The Kier molecular flexibility index (Phi) is 4.09. The second kappa shape index (κ2) is 6.63. The molecule has 1 aromatic heterocycles. The average Bonchev–Trinajstić information content (AvgIpc) is 3.11. The van der Waals surface area contributed by atoms with Gasteiger partial charge in [-0.1, -0.05) is 11.6 Å². The van der Waals surface area contributed by atoms with Crippen molar-refractivity contribution in [2.45, 2.75) is 6.10 Å². The van der Waals surface area contributed by atoms with Crippen molar-refractivity contribution in [2.24, 2.45) is 11.8 Å². The fourth-order valence-electron chi connectivity index (χ4n) is 3.89. The molecule has 1 aliphatic heterocycles. The van der Waals surface area contributed by atoms with Crippen LogP contribution in [0.25, 0.3) is 10.9 Å². The molecule has 2 heterocycles. The molecule has 1 aliphatic carbocycles.